The minimum absolute atomic E-state index is 0.222. The standard InChI is InChI=1S/C17H16FN3S2/c18-10-5-7-11(8-6-10)22-9-14-20-16(19)15-12-3-1-2-4-13(12)23-17(15)21-14/h5-8H,1-4,9H2,(H2,19,20,21). The van der Waals surface area contributed by atoms with Crippen LogP contribution >= 0.6 is 23.1 Å². The number of halogens is 1. The average Bonchev–Trinajstić information content (AvgIpc) is 2.93. The van der Waals surface area contributed by atoms with Gasteiger partial charge >= 0.3 is 0 Å². The first-order valence-corrected chi connectivity index (χ1v) is 9.46. The van der Waals surface area contributed by atoms with Crippen molar-refractivity contribution in [2.75, 3.05) is 5.73 Å². The third-order valence-electron chi connectivity index (χ3n) is 4.07. The molecule has 1 aliphatic rings. The summed E-state index contributed by atoms with van der Waals surface area (Å²) in [5.74, 6) is 1.75. The average molecular weight is 345 g/mol. The van der Waals surface area contributed by atoms with Gasteiger partial charge in [-0.25, -0.2) is 14.4 Å². The Balaban J connectivity index is 1.62. The molecule has 2 aromatic heterocycles. The number of nitrogens with zero attached hydrogens (tertiary/aromatic N) is 2. The Kier molecular flexibility index (Phi) is 3.95. The van der Waals surface area contributed by atoms with E-state index in [9.17, 15) is 4.39 Å². The maximum absolute atomic E-state index is 12.9. The molecule has 0 unspecified atom stereocenters. The second-order valence-corrected chi connectivity index (χ2v) is 7.79. The van der Waals surface area contributed by atoms with Gasteiger partial charge in [-0.1, -0.05) is 0 Å². The molecule has 0 saturated carbocycles. The first-order valence-electron chi connectivity index (χ1n) is 7.66. The lowest BCUT2D eigenvalue weighted by atomic mass is 9.97. The second kappa shape index (κ2) is 6.09. The Morgan fingerprint density at radius 1 is 1.13 bits per heavy atom. The molecule has 0 radical (unpaired) electrons. The summed E-state index contributed by atoms with van der Waals surface area (Å²) in [5, 5.41) is 1.07. The van der Waals surface area contributed by atoms with Gasteiger partial charge in [0.1, 0.15) is 22.3 Å². The molecule has 6 heteroatoms. The van der Waals surface area contributed by atoms with E-state index in [0.29, 0.717) is 11.6 Å². The summed E-state index contributed by atoms with van der Waals surface area (Å²) in [6.07, 6.45) is 4.70. The Bertz CT molecular complexity index is 858. The van der Waals surface area contributed by atoms with Gasteiger partial charge < -0.3 is 5.73 Å². The zero-order chi connectivity index (χ0) is 15.8. The zero-order valence-electron chi connectivity index (χ0n) is 12.5. The second-order valence-electron chi connectivity index (χ2n) is 5.66. The van der Waals surface area contributed by atoms with E-state index in [1.807, 2.05) is 0 Å². The largest absolute Gasteiger partial charge is 0.383 e. The first kappa shape index (κ1) is 14.9. The summed E-state index contributed by atoms with van der Waals surface area (Å²) in [4.78, 5) is 12.6. The molecule has 1 aliphatic carbocycles. The van der Waals surface area contributed by atoms with E-state index in [4.69, 9.17) is 10.7 Å². The number of aryl methyl sites for hydroxylation is 2. The maximum atomic E-state index is 12.9. The number of rotatable bonds is 3. The fourth-order valence-electron chi connectivity index (χ4n) is 2.97. The van der Waals surface area contributed by atoms with Gasteiger partial charge in [-0.2, -0.15) is 0 Å². The van der Waals surface area contributed by atoms with Crippen molar-refractivity contribution in [2.45, 2.75) is 36.3 Å². The number of nitrogens with two attached hydrogens (primary N) is 1. The molecule has 0 atom stereocenters. The topological polar surface area (TPSA) is 51.8 Å². The molecule has 0 saturated heterocycles. The third kappa shape index (κ3) is 2.93. The molecule has 3 nitrogen and oxygen atoms in total. The molecule has 118 valence electrons. The molecule has 23 heavy (non-hydrogen) atoms. The fourth-order valence-corrected chi connectivity index (χ4v) is 5.02. The summed E-state index contributed by atoms with van der Waals surface area (Å²) in [6.45, 7) is 0. The lowest BCUT2D eigenvalue weighted by molar-refractivity contribution is 0.626. The number of aromatic nitrogens is 2. The van der Waals surface area contributed by atoms with Gasteiger partial charge in [0.15, 0.2) is 0 Å². The number of thioether (sulfide) groups is 1. The predicted octanol–water partition coefficient (Wildman–Crippen LogP) is 4.58. The van der Waals surface area contributed by atoms with Gasteiger partial charge in [0.05, 0.1) is 11.1 Å². The van der Waals surface area contributed by atoms with Gasteiger partial charge in [0.2, 0.25) is 0 Å². The minimum Gasteiger partial charge on any atom is -0.383 e. The van der Waals surface area contributed by atoms with Gasteiger partial charge in [0.25, 0.3) is 0 Å². The number of hydrogen-bond donors (Lipinski definition) is 1. The van der Waals surface area contributed by atoms with Crippen LogP contribution in [0.4, 0.5) is 10.2 Å². The Labute approximate surface area is 142 Å². The molecule has 3 aromatic rings. The van der Waals surface area contributed by atoms with E-state index >= 15 is 0 Å². The molecule has 2 N–H and O–H groups in total. The van der Waals surface area contributed by atoms with Crippen LogP contribution in [0.2, 0.25) is 0 Å². The lowest BCUT2D eigenvalue weighted by Gasteiger charge is -2.10. The normalized spacial score (nSPS) is 14.1. The van der Waals surface area contributed by atoms with Crippen molar-refractivity contribution in [3.05, 3.63) is 46.3 Å². The van der Waals surface area contributed by atoms with E-state index in [2.05, 4.69) is 4.98 Å². The van der Waals surface area contributed by atoms with Crippen LogP contribution in [-0.4, -0.2) is 9.97 Å². The van der Waals surface area contributed by atoms with Crippen LogP contribution in [-0.2, 0) is 18.6 Å². The molecule has 0 spiro atoms. The molecule has 4 rings (SSSR count). The van der Waals surface area contributed by atoms with Crippen LogP contribution in [0.25, 0.3) is 10.2 Å². The van der Waals surface area contributed by atoms with Crippen molar-refractivity contribution >= 4 is 39.1 Å². The summed E-state index contributed by atoms with van der Waals surface area (Å²) < 4.78 is 12.9. The number of hydrogen-bond acceptors (Lipinski definition) is 5. The fraction of sp³-hybridized carbons (Fsp3) is 0.294. The van der Waals surface area contributed by atoms with E-state index < -0.39 is 0 Å². The van der Waals surface area contributed by atoms with E-state index in [1.54, 1.807) is 35.2 Å². The predicted molar refractivity (Wildman–Crippen MR) is 94.4 cm³/mol. The van der Waals surface area contributed by atoms with Crippen molar-refractivity contribution in [3.63, 3.8) is 0 Å². The molecule has 0 bridgehead atoms. The number of anilines is 1. The van der Waals surface area contributed by atoms with Crippen LogP contribution in [0.1, 0.15) is 29.1 Å². The van der Waals surface area contributed by atoms with Crippen LogP contribution < -0.4 is 5.73 Å². The smallest absolute Gasteiger partial charge is 0.142 e. The van der Waals surface area contributed by atoms with Gasteiger partial charge in [0, 0.05) is 9.77 Å². The highest BCUT2D eigenvalue weighted by atomic mass is 32.2. The molecule has 0 fully saturated rings. The monoisotopic (exact) mass is 345 g/mol. The summed E-state index contributed by atoms with van der Waals surface area (Å²) in [5.41, 5.74) is 7.58. The van der Waals surface area contributed by atoms with E-state index in [0.717, 1.165) is 33.8 Å². The van der Waals surface area contributed by atoms with Crippen molar-refractivity contribution in [1.82, 2.24) is 9.97 Å². The van der Waals surface area contributed by atoms with Crippen molar-refractivity contribution in [1.29, 1.82) is 0 Å². The van der Waals surface area contributed by atoms with Crippen LogP contribution in [0.5, 0.6) is 0 Å². The third-order valence-corrected chi connectivity index (χ3v) is 6.26. The Hall–Kier alpha value is -1.66. The first-order chi connectivity index (χ1) is 11.2. The summed E-state index contributed by atoms with van der Waals surface area (Å²) in [7, 11) is 0. The van der Waals surface area contributed by atoms with Crippen molar-refractivity contribution in [3.8, 4) is 0 Å². The lowest BCUT2D eigenvalue weighted by Crippen LogP contribution is -2.02. The molecule has 2 heterocycles. The maximum Gasteiger partial charge on any atom is 0.142 e. The van der Waals surface area contributed by atoms with E-state index in [1.165, 1.54) is 35.4 Å². The highest BCUT2D eigenvalue weighted by Crippen LogP contribution is 2.38. The summed E-state index contributed by atoms with van der Waals surface area (Å²) >= 11 is 3.35. The van der Waals surface area contributed by atoms with E-state index in [-0.39, 0.29) is 5.82 Å². The van der Waals surface area contributed by atoms with Crippen molar-refractivity contribution in [2.24, 2.45) is 0 Å². The minimum atomic E-state index is -0.222. The highest BCUT2D eigenvalue weighted by Gasteiger charge is 2.20. The van der Waals surface area contributed by atoms with Crippen LogP contribution in [0, 0.1) is 5.82 Å². The number of thiophene rings is 1. The number of benzene rings is 1. The van der Waals surface area contributed by atoms with Crippen LogP contribution in [0.15, 0.2) is 29.2 Å². The Morgan fingerprint density at radius 2 is 1.91 bits per heavy atom. The number of nitrogen functional groups attached to an aromatic ring is 1. The zero-order valence-corrected chi connectivity index (χ0v) is 14.1. The van der Waals surface area contributed by atoms with Gasteiger partial charge in [-0.15, -0.1) is 23.1 Å². The SMILES string of the molecule is Nc1nc(CSc2ccc(F)cc2)nc2sc3c(c12)CCCC3. The Morgan fingerprint density at radius 3 is 2.74 bits per heavy atom. The quantitative estimate of drug-likeness (QED) is 0.706. The van der Waals surface area contributed by atoms with Gasteiger partial charge in [-0.3, -0.25) is 0 Å². The van der Waals surface area contributed by atoms with Gasteiger partial charge in [-0.05, 0) is 55.5 Å². The molecule has 0 aliphatic heterocycles. The molecular weight excluding hydrogens is 329 g/mol. The molecular formula is C17H16FN3S2. The molecule has 1 aromatic carbocycles. The van der Waals surface area contributed by atoms with Crippen LogP contribution in [0.3, 0.4) is 0 Å². The number of fused-ring (bicyclic) bond motifs is 3. The molecule has 0 amide bonds. The summed E-state index contributed by atoms with van der Waals surface area (Å²) in [6, 6.07) is 6.47. The van der Waals surface area contributed by atoms with Crippen molar-refractivity contribution < 1.29 is 4.39 Å². The highest BCUT2D eigenvalue weighted by molar-refractivity contribution is 7.98.